The maximum atomic E-state index is 10.7. The first-order valence-corrected chi connectivity index (χ1v) is 4.30. The van der Waals surface area contributed by atoms with Crippen molar-refractivity contribution in [1.82, 2.24) is 0 Å². The Morgan fingerprint density at radius 1 is 1.36 bits per heavy atom. The van der Waals surface area contributed by atoms with Gasteiger partial charge in [-0.1, -0.05) is 20.8 Å². The van der Waals surface area contributed by atoms with Gasteiger partial charge in [0.05, 0.1) is 11.0 Å². The fourth-order valence-electron chi connectivity index (χ4n) is 1.31. The number of rotatable bonds is 1. The van der Waals surface area contributed by atoms with Crippen molar-refractivity contribution in [1.29, 1.82) is 0 Å². The van der Waals surface area contributed by atoms with E-state index in [1.54, 1.807) is 6.07 Å². The minimum absolute atomic E-state index is 0.0301. The van der Waals surface area contributed by atoms with E-state index in [0.29, 0.717) is 5.56 Å². The van der Waals surface area contributed by atoms with Gasteiger partial charge >= 0.3 is 0 Å². The molecular weight excluding hydrogens is 182 g/mol. The van der Waals surface area contributed by atoms with E-state index >= 15 is 0 Å². The lowest BCUT2D eigenvalue weighted by Crippen LogP contribution is -2.13. The molecule has 0 saturated carbocycles. The molecule has 0 atom stereocenters. The quantitative estimate of drug-likeness (QED) is 0.553. The Morgan fingerprint density at radius 2 is 1.93 bits per heavy atom. The molecule has 0 aromatic heterocycles. The molecule has 0 spiro atoms. The van der Waals surface area contributed by atoms with Gasteiger partial charge in [0, 0.05) is 5.56 Å². The molecule has 0 aliphatic rings. The van der Waals surface area contributed by atoms with Crippen LogP contribution in [-0.2, 0) is 5.41 Å². The lowest BCUT2D eigenvalue weighted by atomic mass is 9.86. The molecule has 0 radical (unpaired) electrons. The molecule has 1 aromatic rings. The highest BCUT2D eigenvalue weighted by Gasteiger charge is 2.24. The number of nitro benzene ring substituents is 1. The first kappa shape index (κ1) is 10.5. The van der Waals surface area contributed by atoms with Crippen molar-refractivity contribution in [2.45, 2.75) is 26.2 Å². The molecule has 4 nitrogen and oxygen atoms in total. The summed E-state index contributed by atoms with van der Waals surface area (Å²) < 4.78 is 0. The second kappa shape index (κ2) is 3.29. The van der Waals surface area contributed by atoms with Gasteiger partial charge in [-0.25, -0.2) is 0 Å². The van der Waals surface area contributed by atoms with Crippen LogP contribution < -0.4 is 0 Å². The monoisotopic (exact) mass is 195 g/mol. The Hall–Kier alpha value is -1.58. The van der Waals surface area contributed by atoms with Gasteiger partial charge in [-0.15, -0.1) is 0 Å². The Labute approximate surface area is 82.3 Å². The lowest BCUT2D eigenvalue weighted by molar-refractivity contribution is -0.386. The van der Waals surface area contributed by atoms with Crippen molar-refractivity contribution >= 4 is 5.69 Å². The van der Waals surface area contributed by atoms with E-state index in [0.717, 1.165) is 0 Å². The van der Waals surface area contributed by atoms with Crippen LogP contribution in [0.5, 0.6) is 5.75 Å². The van der Waals surface area contributed by atoms with Gasteiger partial charge in [0.15, 0.2) is 0 Å². The van der Waals surface area contributed by atoms with Crippen LogP contribution in [-0.4, -0.2) is 10.0 Å². The highest BCUT2D eigenvalue weighted by molar-refractivity contribution is 5.48. The van der Waals surface area contributed by atoms with E-state index in [4.69, 9.17) is 5.11 Å². The largest absolute Gasteiger partial charge is 0.508 e. The van der Waals surface area contributed by atoms with Gasteiger partial charge in [0.2, 0.25) is 0 Å². The van der Waals surface area contributed by atoms with Crippen LogP contribution in [0, 0.1) is 10.1 Å². The highest BCUT2D eigenvalue weighted by atomic mass is 16.6. The van der Waals surface area contributed by atoms with E-state index in [2.05, 4.69) is 0 Å². The third-order valence-corrected chi connectivity index (χ3v) is 1.99. The van der Waals surface area contributed by atoms with E-state index in [-0.39, 0.29) is 16.9 Å². The smallest absolute Gasteiger partial charge is 0.276 e. The second-order valence-corrected chi connectivity index (χ2v) is 4.21. The van der Waals surface area contributed by atoms with E-state index < -0.39 is 4.92 Å². The first-order valence-electron chi connectivity index (χ1n) is 4.30. The zero-order valence-corrected chi connectivity index (χ0v) is 8.44. The SMILES string of the molecule is CC(C)(C)c1ccc(O)cc1[N+](=O)[O-]. The van der Waals surface area contributed by atoms with Crippen LogP contribution >= 0.6 is 0 Å². The predicted molar refractivity (Wildman–Crippen MR) is 53.5 cm³/mol. The van der Waals surface area contributed by atoms with Gasteiger partial charge in [0.25, 0.3) is 5.69 Å². The zero-order chi connectivity index (χ0) is 10.9. The summed E-state index contributed by atoms with van der Waals surface area (Å²) in [5.41, 5.74) is 0.300. The average Bonchev–Trinajstić information content (AvgIpc) is 2.01. The molecule has 0 aliphatic carbocycles. The molecule has 0 aliphatic heterocycles. The third kappa shape index (κ3) is 2.02. The van der Waals surface area contributed by atoms with E-state index in [1.165, 1.54) is 12.1 Å². The molecule has 1 aromatic carbocycles. The third-order valence-electron chi connectivity index (χ3n) is 1.99. The van der Waals surface area contributed by atoms with Gasteiger partial charge in [0.1, 0.15) is 5.75 Å². The number of hydrogen-bond acceptors (Lipinski definition) is 3. The van der Waals surface area contributed by atoms with Crippen LogP contribution in [0.25, 0.3) is 0 Å². The van der Waals surface area contributed by atoms with Crippen molar-refractivity contribution in [3.63, 3.8) is 0 Å². The number of aromatic hydroxyl groups is 1. The Balaban J connectivity index is 3.37. The molecule has 0 fully saturated rings. The maximum Gasteiger partial charge on any atom is 0.276 e. The van der Waals surface area contributed by atoms with Crippen molar-refractivity contribution in [2.24, 2.45) is 0 Å². The summed E-state index contributed by atoms with van der Waals surface area (Å²) in [5, 5.41) is 19.9. The normalized spacial score (nSPS) is 11.4. The molecule has 0 saturated heterocycles. The van der Waals surface area contributed by atoms with Gasteiger partial charge in [-0.3, -0.25) is 10.1 Å². The van der Waals surface area contributed by atoms with Crippen LogP contribution in [0.1, 0.15) is 26.3 Å². The topological polar surface area (TPSA) is 63.4 Å². The molecule has 0 heterocycles. The fraction of sp³-hybridized carbons (Fsp3) is 0.400. The molecule has 1 N–H and O–H groups in total. The average molecular weight is 195 g/mol. The highest BCUT2D eigenvalue weighted by Crippen LogP contribution is 2.33. The van der Waals surface area contributed by atoms with Crippen LogP contribution in [0.3, 0.4) is 0 Å². The van der Waals surface area contributed by atoms with Crippen LogP contribution in [0.4, 0.5) is 5.69 Å². The van der Waals surface area contributed by atoms with Crippen molar-refractivity contribution in [3.05, 3.63) is 33.9 Å². The predicted octanol–water partition coefficient (Wildman–Crippen LogP) is 2.60. The molecule has 4 heteroatoms. The fourth-order valence-corrected chi connectivity index (χ4v) is 1.31. The molecule has 0 amide bonds. The molecule has 1 rings (SSSR count). The molecule has 76 valence electrons. The van der Waals surface area contributed by atoms with Gasteiger partial charge < -0.3 is 5.11 Å². The first-order chi connectivity index (χ1) is 6.32. The summed E-state index contributed by atoms with van der Waals surface area (Å²) in [6.07, 6.45) is 0. The molecule has 0 unspecified atom stereocenters. The van der Waals surface area contributed by atoms with Gasteiger partial charge in [-0.2, -0.15) is 0 Å². The van der Waals surface area contributed by atoms with Crippen molar-refractivity contribution in [2.75, 3.05) is 0 Å². The Kier molecular flexibility index (Phi) is 2.47. The lowest BCUT2D eigenvalue weighted by Gasteiger charge is -2.18. The number of hydrogen-bond donors (Lipinski definition) is 1. The minimum Gasteiger partial charge on any atom is -0.508 e. The number of nitrogens with zero attached hydrogens (tertiary/aromatic N) is 1. The van der Waals surface area contributed by atoms with Gasteiger partial charge in [-0.05, 0) is 17.5 Å². The summed E-state index contributed by atoms with van der Waals surface area (Å²) >= 11 is 0. The number of benzene rings is 1. The number of nitro groups is 1. The number of phenols is 1. The molecular formula is C10H13NO3. The zero-order valence-electron chi connectivity index (χ0n) is 8.44. The Bertz CT molecular complexity index is 366. The summed E-state index contributed by atoms with van der Waals surface area (Å²) in [7, 11) is 0. The summed E-state index contributed by atoms with van der Waals surface area (Å²) in [6.45, 7) is 5.69. The van der Waals surface area contributed by atoms with Crippen molar-refractivity contribution in [3.8, 4) is 5.75 Å². The van der Waals surface area contributed by atoms with Crippen molar-refractivity contribution < 1.29 is 10.0 Å². The maximum absolute atomic E-state index is 10.7. The molecule has 0 bridgehead atoms. The van der Waals surface area contributed by atoms with Crippen LogP contribution in [0.2, 0.25) is 0 Å². The van der Waals surface area contributed by atoms with Crippen LogP contribution in [0.15, 0.2) is 18.2 Å². The summed E-state index contributed by atoms with van der Waals surface area (Å²) in [5.74, 6) is -0.0790. The standard InChI is InChI=1S/C10H13NO3/c1-10(2,3)8-5-4-7(12)6-9(8)11(13)14/h4-6,12H,1-3H3. The van der Waals surface area contributed by atoms with E-state index in [9.17, 15) is 10.1 Å². The van der Waals surface area contributed by atoms with E-state index in [1.807, 2.05) is 20.8 Å². The number of phenolic OH excluding ortho intramolecular Hbond substituents is 1. The minimum atomic E-state index is -0.472. The Morgan fingerprint density at radius 3 is 2.36 bits per heavy atom. The second-order valence-electron chi connectivity index (χ2n) is 4.21. The summed E-state index contributed by atoms with van der Waals surface area (Å²) in [4.78, 5) is 10.2. The summed E-state index contributed by atoms with van der Waals surface area (Å²) in [6, 6.07) is 4.24. The molecule has 14 heavy (non-hydrogen) atoms.